The van der Waals surface area contributed by atoms with Gasteiger partial charge < -0.3 is 19.9 Å². The number of rotatable bonds is 9. The Labute approximate surface area is 130 Å². The second-order valence-corrected chi connectivity index (χ2v) is 5.02. The fourth-order valence-corrected chi connectivity index (χ4v) is 1.99. The van der Waals surface area contributed by atoms with Crippen LogP contribution in [-0.4, -0.2) is 36.7 Å². The zero-order chi connectivity index (χ0) is 16.5. The number of aryl methyl sites for hydroxylation is 1. The van der Waals surface area contributed by atoms with Gasteiger partial charge in [-0.3, -0.25) is 4.79 Å². The first-order valence-electron chi connectivity index (χ1n) is 7.27. The Kier molecular flexibility index (Phi) is 7.22. The number of aliphatic carboxylic acids is 1. The van der Waals surface area contributed by atoms with Gasteiger partial charge >= 0.3 is 5.97 Å². The Morgan fingerprint density at radius 1 is 1.36 bits per heavy atom. The smallest absolute Gasteiger partial charge is 0.326 e. The van der Waals surface area contributed by atoms with Gasteiger partial charge in [0.05, 0.1) is 7.11 Å². The van der Waals surface area contributed by atoms with Crippen molar-refractivity contribution in [1.82, 2.24) is 5.32 Å². The fourth-order valence-electron chi connectivity index (χ4n) is 1.99. The molecule has 0 aliphatic heterocycles. The van der Waals surface area contributed by atoms with Crippen LogP contribution in [0.25, 0.3) is 0 Å². The lowest BCUT2D eigenvalue weighted by Crippen LogP contribution is -2.42. The number of amides is 1. The van der Waals surface area contributed by atoms with Gasteiger partial charge in [0.25, 0.3) is 5.91 Å². The number of hydrogen-bond donors (Lipinski definition) is 2. The molecule has 0 fully saturated rings. The molecular formula is C16H23NO5. The summed E-state index contributed by atoms with van der Waals surface area (Å²) in [6.45, 7) is 3.62. The van der Waals surface area contributed by atoms with Crippen LogP contribution >= 0.6 is 0 Å². The molecule has 22 heavy (non-hydrogen) atoms. The van der Waals surface area contributed by atoms with Crippen molar-refractivity contribution < 1.29 is 24.2 Å². The largest absolute Gasteiger partial charge is 0.496 e. The van der Waals surface area contributed by atoms with Gasteiger partial charge in [0.1, 0.15) is 17.5 Å². The Morgan fingerprint density at radius 2 is 2.09 bits per heavy atom. The van der Waals surface area contributed by atoms with Gasteiger partial charge in [-0.2, -0.15) is 0 Å². The van der Waals surface area contributed by atoms with Crippen molar-refractivity contribution >= 4 is 11.9 Å². The molecule has 1 aromatic rings. The molecule has 1 atom stereocenters. The van der Waals surface area contributed by atoms with Gasteiger partial charge in [-0.25, -0.2) is 4.79 Å². The SMILES string of the molecule is CCCC[C@H](NC(=O)COc1ccc(OC)c(C)c1)C(=O)O. The molecule has 2 N–H and O–H groups in total. The van der Waals surface area contributed by atoms with E-state index < -0.39 is 17.9 Å². The molecule has 122 valence electrons. The minimum atomic E-state index is -1.03. The molecule has 0 unspecified atom stereocenters. The molecule has 0 saturated heterocycles. The minimum Gasteiger partial charge on any atom is -0.496 e. The van der Waals surface area contributed by atoms with Crippen LogP contribution in [0.5, 0.6) is 11.5 Å². The molecule has 0 spiro atoms. The zero-order valence-electron chi connectivity index (χ0n) is 13.2. The number of ether oxygens (including phenoxy) is 2. The van der Waals surface area contributed by atoms with Crippen LogP contribution in [0.1, 0.15) is 31.7 Å². The molecule has 0 bridgehead atoms. The molecule has 6 nitrogen and oxygen atoms in total. The van der Waals surface area contributed by atoms with Crippen molar-refractivity contribution in [2.24, 2.45) is 0 Å². The van der Waals surface area contributed by atoms with Crippen LogP contribution in [-0.2, 0) is 9.59 Å². The molecule has 1 amide bonds. The van der Waals surface area contributed by atoms with Crippen molar-refractivity contribution in [2.45, 2.75) is 39.2 Å². The number of methoxy groups -OCH3 is 1. The second-order valence-electron chi connectivity index (χ2n) is 5.02. The number of carboxylic acids is 1. The van der Waals surface area contributed by atoms with Crippen molar-refractivity contribution in [1.29, 1.82) is 0 Å². The maximum atomic E-state index is 11.8. The zero-order valence-corrected chi connectivity index (χ0v) is 13.2. The Morgan fingerprint density at radius 3 is 2.64 bits per heavy atom. The minimum absolute atomic E-state index is 0.221. The summed E-state index contributed by atoms with van der Waals surface area (Å²) in [7, 11) is 1.58. The summed E-state index contributed by atoms with van der Waals surface area (Å²) in [5, 5.41) is 11.5. The van der Waals surface area contributed by atoms with E-state index in [1.807, 2.05) is 13.8 Å². The van der Waals surface area contributed by atoms with Gasteiger partial charge in [-0.15, -0.1) is 0 Å². The summed E-state index contributed by atoms with van der Waals surface area (Å²) in [4.78, 5) is 22.8. The molecular weight excluding hydrogens is 286 g/mol. The Hall–Kier alpha value is -2.24. The number of carboxylic acid groups (broad SMARTS) is 1. The molecule has 1 aromatic carbocycles. The van der Waals surface area contributed by atoms with E-state index >= 15 is 0 Å². The van der Waals surface area contributed by atoms with Gasteiger partial charge in [0, 0.05) is 0 Å². The molecule has 0 saturated carbocycles. The number of benzene rings is 1. The quantitative estimate of drug-likeness (QED) is 0.730. The molecule has 0 radical (unpaired) electrons. The van der Waals surface area contributed by atoms with Gasteiger partial charge in [-0.05, 0) is 37.1 Å². The van der Waals surface area contributed by atoms with Crippen LogP contribution in [0.3, 0.4) is 0 Å². The normalized spacial score (nSPS) is 11.6. The van der Waals surface area contributed by atoms with E-state index in [-0.39, 0.29) is 6.61 Å². The summed E-state index contributed by atoms with van der Waals surface area (Å²) < 4.78 is 10.5. The third kappa shape index (κ3) is 5.63. The standard InChI is InChI=1S/C16H23NO5/c1-4-5-6-13(16(19)20)17-15(18)10-22-12-7-8-14(21-3)11(2)9-12/h7-9,13H,4-6,10H2,1-3H3,(H,17,18)(H,19,20)/t13-/m0/s1. The molecule has 1 rings (SSSR count). The Bertz CT molecular complexity index is 515. The summed E-state index contributed by atoms with van der Waals surface area (Å²) in [5.41, 5.74) is 0.895. The summed E-state index contributed by atoms with van der Waals surface area (Å²) in [6.07, 6.45) is 2.04. The fraction of sp³-hybridized carbons (Fsp3) is 0.500. The van der Waals surface area contributed by atoms with Crippen LogP contribution in [0.4, 0.5) is 0 Å². The number of carbonyl (C=O) groups is 2. The molecule has 0 aliphatic rings. The van der Waals surface area contributed by atoms with E-state index in [1.54, 1.807) is 25.3 Å². The van der Waals surface area contributed by atoms with Crippen LogP contribution in [0.15, 0.2) is 18.2 Å². The highest BCUT2D eigenvalue weighted by molar-refractivity contribution is 5.84. The van der Waals surface area contributed by atoms with E-state index in [1.165, 1.54) is 0 Å². The lowest BCUT2D eigenvalue weighted by atomic mass is 10.1. The highest BCUT2D eigenvalue weighted by atomic mass is 16.5. The molecule has 0 aromatic heterocycles. The maximum absolute atomic E-state index is 11.8. The average molecular weight is 309 g/mol. The van der Waals surface area contributed by atoms with E-state index in [0.717, 1.165) is 24.2 Å². The van der Waals surface area contributed by atoms with Crippen LogP contribution in [0.2, 0.25) is 0 Å². The molecule has 0 aliphatic carbocycles. The highest BCUT2D eigenvalue weighted by Crippen LogP contribution is 2.22. The van der Waals surface area contributed by atoms with Gasteiger partial charge in [0.2, 0.25) is 0 Å². The van der Waals surface area contributed by atoms with E-state index in [9.17, 15) is 9.59 Å². The van der Waals surface area contributed by atoms with Crippen LogP contribution in [0, 0.1) is 6.92 Å². The number of hydrogen-bond acceptors (Lipinski definition) is 4. The Balaban J connectivity index is 2.51. The first-order valence-corrected chi connectivity index (χ1v) is 7.27. The number of carbonyl (C=O) groups excluding carboxylic acids is 1. The van der Waals surface area contributed by atoms with Crippen molar-refractivity contribution in [3.05, 3.63) is 23.8 Å². The van der Waals surface area contributed by atoms with Crippen molar-refractivity contribution in [3.63, 3.8) is 0 Å². The highest BCUT2D eigenvalue weighted by Gasteiger charge is 2.19. The van der Waals surface area contributed by atoms with Crippen LogP contribution < -0.4 is 14.8 Å². The van der Waals surface area contributed by atoms with E-state index in [0.29, 0.717) is 12.2 Å². The predicted octanol–water partition coefficient (Wildman–Crippen LogP) is 2.14. The molecule has 6 heteroatoms. The third-order valence-corrected chi connectivity index (χ3v) is 3.22. The average Bonchev–Trinajstić information content (AvgIpc) is 2.49. The summed E-state index contributed by atoms with van der Waals surface area (Å²) in [5.74, 6) is -0.199. The van der Waals surface area contributed by atoms with Crippen molar-refractivity contribution in [2.75, 3.05) is 13.7 Å². The summed E-state index contributed by atoms with van der Waals surface area (Å²) in [6, 6.07) is 4.35. The van der Waals surface area contributed by atoms with Crippen molar-refractivity contribution in [3.8, 4) is 11.5 Å². The summed E-state index contributed by atoms with van der Waals surface area (Å²) >= 11 is 0. The lowest BCUT2D eigenvalue weighted by molar-refractivity contribution is -0.142. The monoisotopic (exact) mass is 309 g/mol. The third-order valence-electron chi connectivity index (χ3n) is 3.22. The molecule has 0 heterocycles. The first kappa shape index (κ1) is 17.8. The topological polar surface area (TPSA) is 84.9 Å². The second kappa shape index (κ2) is 8.92. The lowest BCUT2D eigenvalue weighted by Gasteiger charge is -2.14. The predicted molar refractivity (Wildman–Crippen MR) is 82.3 cm³/mol. The van der Waals surface area contributed by atoms with Gasteiger partial charge in [-0.1, -0.05) is 19.8 Å². The maximum Gasteiger partial charge on any atom is 0.326 e. The van der Waals surface area contributed by atoms with E-state index in [2.05, 4.69) is 5.32 Å². The number of nitrogens with one attached hydrogen (secondary N) is 1. The number of unbranched alkanes of at least 4 members (excludes halogenated alkanes) is 1. The first-order chi connectivity index (χ1) is 10.5. The van der Waals surface area contributed by atoms with E-state index in [4.69, 9.17) is 14.6 Å². The van der Waals surface area contributed by atoms with Gasteiger partial charge in [0.15, 0.2) is 6.61 Å².